The summed E-state index contributed by atoms with van der Waals surface area (Å²) in [5, 5.41) is 2.83. The van der Waals surface area contributed by atoms with Crippen molar-refractivity contribution in [3.8, 4) is 11.6 Å². The topological polar surface area (TPSA) is 90.1 Å². The van der Waals surface area contributed by atoms with Crippen molar-refractivity contribution in [2.75, 3.05) is 5.32 Å². The molecule has 0 fully saturated rings. The zero-order valence-corrected chi connectivity index (χ0v) is 10.8. The van der Waals surface area contributed by atoms with Crippen LogP contribution in [0.4, 0.5) is 5.69 Å². The molecule has 0 atom stereocenters. The van der Waals surface area contributed by atoms with Gasteiger partial charge in [-0.05, 0) is 30.2 Å². The summed E-state index contributed by atoms with van der Waals surface area (Å²) in [5.41, 5.74) is 8.11. The van der Waals surface area contributed by atoms with Gasteiger partial charge in [-0.3, -0.25) is 9.78 Å². The minimum atomic E-state index is 0.0468. The third kappa shape index (κ3) is 2.46. The number of nitrogens with zero attached hydrogens (tertiary/aromatic N) is 2. The Morgan fingerprint density at radius 1 is 1.25 bits per heavy atom. The molecular weight excluding hydrogens is 256 g/mol. The number of aryl methyl sites for hydroxylation is 1. The molecule has 0 aliphatic carbocycles. The van der Waals surface area contributed by atoms with E-state index in [4.69, 9.17) is 10.5 Å². The first-order valence-electron chi connectivity index (χ1n) is 6.37. The molecule has 20 heavy (non-hydrogen) atoms. The van der Waals surface area contributed by atoms with Crippen LogP contribution in [0.15, 0.2) is 30.6 Å². The van der Waals surface area contributed by atoms with Gasteiger partial charge < -0.3 is 15.8 Å². The van der Waals surface area contributed by atoms with Crippen LogP contribution in [-0.4, -0.2) is 15.9 Å². The summed E-state index contributed by atoms with van der Waals surface area (Å²) in [6, 6.07) is 5.53. The summed E-state index contributed by atoms with van der Waals surface area (Å²) < 4.78 is 5.73. The molecule has 2 heterocycles. The number of nitrogens with one attached hydrogen (secondary N) is 1. The molecule has 1 aromatic carbocycles. The van der Waals surface area contributed by atoms with Gasteiger partial charge in [-0.2, -0.15) is 0 Å². The normalized spacial score (nSPS) is 13.6. The Balaban J connectivity index is 1.87. The van der Waals surface area contributed by atoms with Crippen LogP contribution in [0.3, 0.4) is 0 Å². The van der Waals surface area contributed by atoms with E-state index >= 15 is 0 Å². The van der Waals surface area contributed by atoms with Gasteiger partial charge in [-0.25, -0.2) is 4.98 Å². The number of fused-ring (bicyclic) bond motifs is 1. The molecule has 3 N–H and O–H groups in total. The van der Waals surface area contributed by atoms with E-state index in [1.54, 1.807) is 18.5 Å². The Hall–Kier alpha value is -2.47. The van der Waals surface area contributed by atoms with E-state index in [1.807, 2.05) is 12.1 Å². The van der Waals surface area contributed by atoms with Crippen LogP contribution in [0, 0.1) is 0 Å². The standard InChI is InChI=1S/C14H14N4O2/c15-8-12-14(17-6-5-16-12)20-10-2-3-11-9(7-10)1-4-13(19)18-11/h2-3,5-7H,1,4,8,15H2,(H,18,19). The summed E-state index contributed by atoms with van der Waals surface area (Å²) in [6.45, 7) is 0.268. The number of rotatable bonds is 3. The van der Waals surface area contributed by atoms with Crippen molar-refractivity contribution in [3.05, 3.63) is 41.9 Å². The monoisotopic (exact) mass is 270 g/mol. The van der Waals surface area contributed by atoms with Crippen LogP contribution in [0.1, 0.15) is 17.7 Å². The fraction of sp³-hybridized carbons (Fsp3) is 0.214. The minimum absolute atomic E-state index is 0.0468. The van der Waals surface area contributed by atoms with Crippen LogP contribution in [0.2, 0.25) is 0 Å². The average molecular weight is 270 g/mol. The summed E-state index contributed by atoms with van der Waals surface area (Å²) in [5.74, 6) is 1.12. The van der Waals surface area contributed by atoms with Gasteiger partial charge in [0, 0.05) is 31.0 Å². The Morgan fingerprint density at radius 3 is 2.95 bits per heavy atom. The second-order valence-corrected chi connectivity index (χ2v) is 4.48. The van der Waals surface area contributed by atoms with E-state index in [1.165, 1.54) is 0 Å². The SMILES string of the molecule is NCc1nccnc1Oc1ccc2c(c1)CCC(=O)N2. The van der Waals surface area contributed by atoms with Crippen molar-refractivity contribution < 1.29 is 9.53 Å². The van der Waals surface area contributed by atoms with E-state index < -0.39 is 0 Å². The van der Waals surface area contributed by atoms with Gasteiger partial charge in [0.1, 0.15) is 11.4 Å². The van der Waals surface area contributed by atoms with E-state index in [0.29, 0.717) is 30.2 Å². The van der Waals surface area contributed by atoms with E-state index in [0.717, 1.165) is 11.3 Å². The first-order chi connectivity index (χ1) is 9.76. The molecule has 6 nitrogen and oxygen atoms in total. The summed E-state index contributed by atoms with van der Waals surface area (Å²) in [7, 11) is 0. The highest BCUT2D eigenvalue weighted by Gasteiger charge is 2.15. The number of carbonyl (C=O) groups excluding carboxylic acids is 1. The molecule has 0 bridgehead atoms. The van der Waals surface area contributed by atoms with Gasteiger partial charge in [0.05, 0.1) is 0 Å². The molecule has 0 unspecified atom stereocenters. The zero-order valence-electron chi connectivity index (χ0n) is 10.8. The number of hydrogen-bond acceptors (Lipinski definition) is 5. The first kappa shape index (κ1) is 12.6. The fourth-order valence-corrected chi connectivity index (χ4v) is 2.11. The van der Waals surface area contributed by atoms with E-state index in [2.05, 4.69) is 15.3 Å². The van der Waals surface area contributed by atoms with Crippen molar-refractivity contribution in [1.29, 1.82) is 0 Å². The Labute approximate surface area is 116 Å². The van der Waals surface area contributed by atoms with Gasteiger partial charge in [0.25, 0.3) is 0 Å². The number of hydrogen-bond donors (Lipinski definition) is 2. The first-order valence-corrected chi connectivity index (χ1v) is 6.37. The number of ether oxygens (including phenoxy) is 1. The van der Waals surface area contributed by atoms with Crippen LogP contribution < -0.4 is 15.8 Å². The molecule has 6 heteroatoms. The van der Waals surface area contributed by atoms with Crippen molar-refractivity contribution in [2.45, 2.75) is 19.4 Å². The van der Waals surface area contributed by atoms with Gasteiger partial charge in [-0.15, -0.1) is 0 Å². The summed E-state index contributed by atoms with van der Waals surface area (Å²) in [4.78, 5) is 19.6. The number of carbonyl (C=O) groups is 1. The van der Waals surface area contributed by atoms with Crippen molar-refractivity contribution >= 4 is 11.6 Å². The quantitative estimate of drug-likeness (QED) is 0.884. The maximum absolute atomic E-state index is 11.3. The third-order valence-electron chi connectivity index (χ3n) is 3.12. The lowest BCUT2D eigenvalue weighted by Gasteiger charge is -2.17. The van der Waals surface area contributed by atoms with Crippen LogP contribution >= 0.6 is 0 Å². The van der Waals surface area contributed by atoms with E-state index in [9.17, 15) is 4.79 Å². The Morgan fingerprint density at radius 2 is 2.10 bits per heavy atom. The number of nitrogens with two attached hydrogens (primary N) is 1. The molecule has 1 aliphatic heterocycles. The Kier molecular flexibility index (Phi) is 3.30. The molecule has 2 aromatic rings. The highest BCUT2D eigenvalue weighted by molar-refractivity contribution is 5.94. The highest BCUT2D eigenvalue weighted by atomic mass is 16.5. The molecule has 0 spiro atoms. The van der Waals surface area contributed by atoms with Crippen LogP contribution in [-0.2, 0) is 17.8 Å². The molecule has 102 valence electrons. The number of amides is 1. The molecule has 1 aliphatic rings. The molecule has 0 radical (unpaired) electrons. The average Bonchev–Trinajstić information content (AvgIpc) is 2.48. The summed E-state index contributed by atoms with van der Waals surface area (Å²) in [6.07, 6.45) is 4.35. The molecule has 3 rings (SSSR count). The maximum Gasteiger partial charge on any atom is 0.242 e. The predicted molar refractivity (Wildman–Crippen MR) is 73.4 cm³/mol. The number of aromatic nitrogens is 2. The fourth-order valence-electron chi connectivity index (χ4n) is 2.11. The number of benzene rings is 1. The molecule has 0 saturated heterocycles. The largest absolute Gasteiger partial charge is 0.437 e. The van der Waals surface area contributed by atoms with Crippen LogP contribution in [0.25, 0.3) is 0 Å². The van der Waals surface area contributed by atoms with Gasteiger partial charge >= 0.3 is 0 Å². The smallest absolute Gasteiger partial charge is 0.242 e. The maximum atomic E-state index is 11.3. The highest BCUT2D eigenvalue weighted by Crippen LogP contribution is 2.29. The van der Waals surface area contributed by atoms with Gasteiger partial charge in [0.2, 0.25) is 11.8 Å². The van der Waals surface area contributed by atoms with Crippen molar-refractivity contribution in [2.24, 2.45) is 5.73 Å². The second kappa shape index (κ2) is 5.26. The third-order valence-corrected chi connectivity index (χ3v) is 3.12. The molecular formula is C14H14N4O2. The lowest BCUT2D eigenvalue weighted by atomic mass is 10.0. The van der Waals surface area contributed by atoms with Crippen molar-refractivity contribution in [3.63, 3.8) is 0 Å². The predicted octanol–water partition coefficient (Wildman–Crippen LogP) is 1.61. The minimum Gasteiger partial charge on any atom is -0.437 e. The lowest BCUT2D eigenvalue weighted by molar-refractivity contribution is -0.116. The van der Waals surface area contributed by atoms with Crippen LogP contribution in [0.5, 0.6) is 11.6 Å². The summed E-state index contributed by atoms with van der Waals surface area (Å²) >= 11 is 0. The number of anilines is 1. The Bertz CT molecular complexity index is 657. The molecule has 0 saturated carbocycles. The molecule has 1 amide bonds. The van der Waals surface area contributed by atoms with Gasteiger partial charge in [0.15, 0.2) is 0 Å². The van der Waals surface area contributed by atoms with E-state index in [-0.39, 0.29) is 12.5 Å². The zero-order chi connectivity index (χ0) is 13.9. The lowest BCUT2D eigenvalue weighted by Crippen LogP contribution is -2.18. The van der Waals surface area contributed by atoms with Gasteiger partial charge in [-0.1, -0.05) is 0 Å². The van der Waals surface area contributed by atoms with Crippen molar-refractivity contribution in [1.82, 2.24) is 9.97 Å². The second-order valence-electron chi connectivity index (χ2n) is 4.48. The molecule has 1 aromatic heterocycles.